The largest absolute Gasteiger partial charge is 0.374 e. The molecule has 0 aliphatic heterocycles. The molecule has 15 heavy (non-hydrogen) atoms. The molecule has 1 aromatic heterocycles. The van der Waals surface area contributed by atoms with Gasteiger partial charge >= 0.3 is 0 Å². The van der Waals surface area contributed by atoms with Crippen LogP contribution in [0.4, 0.5) is 5.13 Å². The van der Waals surface area contributed by atoms with E-state index >= 15 is 0 Å². The van der Waals surface area contributed by atoms with E-state index in [1.807, 2.05) is 12.1 Å². The maximum Gasteiger partial charge on any atom is 0.203 e. The molecule has 2 rings (SSSR count). The molecule has 0 bridgehead atoms. The van der Waals surface area contributed by atoms with Crippen molar-refractivity contribution in [1.82, 2.24) is 10.2 Å². The highest BCUT2D eigenvalue weighted by Gasteiger charge is 2.01. The molecule has 0 aliphatic rings. The fraction of sp³-hybridized carbons (Fsp3) is 0.200. The Balaban J connectivity index is 1.96. The first-order chi connectivity index (χ1) is 7.24. The number of nitrogens with two attached hydrogens (primary N) is 1. The zero-order chi connectivity index (χ0) is 10.7. The van der Waals surface area contributed by atoms with Gasteiger partial charge in [0, 0.05) is 10.9 Å². The molecule has 0 radical (unpaired) electrons. The van der Waals surface area contributed by atoms with Gasteiger partial charge in [0.05, 0.1) is 0 Å². The number of halogens is 1. The highest BCUT2D eigenvalue weighted by Crippen LogP contribution is 2.15. The quantitative estimate of drug-likeness (QED) is 0.942. The third-order valence-corrected chi connectivity index (χ3v) is 3.36. The first-order valence-corrected chi connectivity index (χ1v) is 6.17. The SMILES string of the molecule is Nc1nnc(CCc2ccc(Br)cc2)s1. The van der Waals surface area contributed by atoms with Gasteiger partial charge in [-0.05, 0) is 24.1 Å². The fourth-order valence-electron chi connectivity index (χ4n) is 1.27. The van der Waals surface area contributed by atoms with Crippen molar-refractivity contribution in [1.29, 1.82) is 0 Å². The average molecular weight is 284 g/mol. The van der Waals surface area contributed by atoms with Crippen LogP contribution in [0.5, 0.6) is 0 Å². The number of hydrogen-bond donors (Lipinski definition) is 1. The smallest absolute Gasteiger partial charge is 0.203 e. The van der Waals surface area contributed by atoms with Crippen LogP contribution in [0.15, 0.2) is 28.7 Å². The molecule has 2 aromatic rings. The van der Waals surface area contributed by atoms with E-state index < -0.39 is 0 Å². The molecule has 0 spiro atoms. The molecule has 78 valence electrons. The Hall–Kier alpha value is -0.940. The van der Waals surface area contributed by atoms with Crippen molar-refractivity contribution in [2.75, 3.05) is 5.73 Å². The molecule has 0 unspecified atom stereocenters. The summed E-state index contributed by atoms with van der Waals surface area (Å²) in [4.78, 5) is 0. The highest BCUT2D eigenvalue weighted by molar-refractivity contribution is 9.10. The summed E-state index contributed by atoms with van der Waals surface area (Å²) < 4.78 is 1.10. The Morgan fingerprint density at radius 3 is 2.47 bits per heavy atom. The predicted molar refractivity (Wildman–Crippen MR) is 65.9 cm³/mol. The molecule has 0 saturated carbocycles. The van der Waals surface area contributed by atoms with Gasteiger partial charge in [0.2, 0.25) is 5.13 Å². The second-order valence-electron chi connectivity index (χ2n) is 3.16. The van der Waals surface area contributed by atoms with Crippen molar-refractivity contribution in [2.24, 2.45) is 0 Å². The Labute approximate surface area is 100 Å². The summed E-state index contributed by atoms with van der Waals surface area (Å²) in [6.45, 7) is 0. The Morgan fingerprint density at radius 2 is 1.87 bits per heavy atom. The monoisotopic (exact) mass is 283 g/mol. The van der Waals surface area contributed by atoms with Crippen LogP contribution in [-0.2, 0) is 12.8 Å². The van der Waals surface area contributed by atoms with Crippen LogP contribution in [0.25, 0.3) is 0 Å². The summed E-state index contributed by atoms with van der Waals surface area (Å²) in [5, 5.41) is 9.30. The highest BCUT2D eigenvalue weighted by atomic mass is 79.9. The van der Waals surface area contributed by atoms with Gasteiger partial charge in [-0.3, -0.25) is 0 Å². The first kappa shape index (κ1) is 10.6. The van der Waals surface area contributed by atoms with Crippen molar-refractivity contribution in [3.8, 4) is 0 Å². The fourth-order valence-corrected chi connectivity index (χ4v) is 2.14. The predicted octanol–water partition coefficient (Wildman–Crippen LogP) is 2.67. The van der Waals surface area contributed by atoms with Gasteiger partial charge in [-0.1, -0.05) is 39.4 Å². The molecule has 0 fully saturated rings. The van der Waals surface area contributed by atoms with Crippen LogP contribution in [0.1, 0.15) is 10.6 Å². The van der Waals surface area contributed by atoms with Crippen LogP contribution in [0.2, 0.25) is 0 Å². The molecule has 0 atom stereocenters. The minimum atomic E-state index is 0.542. The lowest BCUT2D eigenvalue weighted by Gasteiger charge is -1.98. The summed E-state index contributed by atoms with van der Waals surface area (Å²) in [6, 6.07) is 8.30. The van der Waals surface area contributed by atoms with Gasteiger partial charge in [-0.2, -0.15) is 0 Å². The maximum atomic E-state index is 5.51. The summed E-state index contributed by atoms with van der Waals surface area (Å²) in [6.07, 6.45) is 1.87. The molecule has 0 amide bonds. The zero-order valence-electron chi connectivity index (χ0n) is 7.98. The van der Waals surface area contributed by atoms with E-state index in [0.29, 0.717) is 5.13 Å². The molecule has 3 nitrogen and oxygen atoms in total. The minimum Gasteiger partial charge on any atom is -0.374 e. The average Bonchev–Trinajstić information content (AvgIpc) is 2.64. The van der Waals surface area contributed by atoms with Gasteiger partial charge in [-0.25, -0.2) is 0 Å². The maximum absolute atomic E-state index is 5.51. The lowest BCUT2D eigenvalue weighted by molar-refractivity contribution is 0.905. The third-order valence-electron chi connectivity index (χ3n) is 2.02. The van der Waals surface area contributed by atoms with Gasteiger partial charge in [0.25, 0.3) is 0 Å². The molecule has 0 aliphatic carbocycles. The standard InChI is InChI=1S/C10H10BrN3S/c11-8-4-1-7(2-5-8)3-6-9-13-14-10(12)15-9/h1-2,4-5H,3,6H2,(H2,12,14). The van der Waals surface area contributed by atoms with E-state index in [1.165, 1.54) is 16.9 Å². The first-order valence-electron chi connectivity index (χ1n) is 4.56. The van der Waals surface area contributed by atoms with Crippen LogP contribution in [-0.4, -0.2) is 10.2 Å². The molecule has 5 heteroatoms. The molecule has 0 saturated heterocycles. The van der Waals surface area contributed by atoms with Gasteiger partial charge in [0.1, 0.15) is 5.01 Å². The normalized spacial score (nSPS) is 10.5. The number of anilines is 1. The number of benzene rings is 1. The van der Waals surface area contributed by atoms with Crippen LogP contribution < -0.4 is 5.73 Å². The Bertz CT molecular complexity index is 438. The third kappa shape index (κ3) is 3.00. The number of hydrogen-bond acceptors (Lipinski definition) is 4. The van der Waals surface area contributed by atoms with Crippen LogP contribution in [0.3, 0.4) is 0 Å². The summed E-state index contributed by atoms with van der Waals surface area (Å²) in [5.74, 6) is 0. The lowest BCUT2D eigenvalue weighted by Crippen LogP contribution is -1.90. The zero-order valence-corrected chi connectivity index (χ0v) is 10.4. The second kappa shape index (κ2) is 4.72. The molecule has 1 aromatic carbocycles. The molecular weight excluding hydrogens is 274 g/mol. The lowest BCUT2D eigenvalue weighted by atomic mass is 10.1. The van der Waals surface area contributed by atoms with Gasteiger partial charge < -0.3 is 5.73 Å². The Morgan fingerprint density at radius 1 is 1.13 bits per heavy atom. The number of rotatable bonds is 3. The van der Waals surface area contributed by atoms with Crippen LogP contribution in [0, 0.1) is 0 Å². The summed E-state index contributed by atoms with van der Waals surface area (Å²) in [5.41, 5.74) is 6.80. The summed E-state index contributed by atoms with van der Waals surface area (Å²) in [7, 11) is 0. The van der Waals surface area contributed by atoms with Crippen molar-refractivity contribution >= 4 is 32.4 Å². The number of aryl methyl sites for hydroxylation is 2. The van der Waals surface area contributed by atoms with Crippen molar-refractivity contribution in [3.63, 3.8) is 0 Å². The topological polar surface area (TPSA) is 51.8 Å². The van der Waals surface area contributed by atoms with E-state index in [2.05, 4.69) is 38.3 Å². The molecule has 1 heterocycles. The van der Waals surface area contributed by atoms with Crippen LogP contribution >= 0.6 is 27.3 Å². The van der Waals surface area contributed by atoms with Crippen molar-refractivity contribution < 1.29 is 0 Å². The van der Waals surface area contributed by atoms with Crippen molar-refractivity contribution in [3.05, 3.63) is 39.3 Å². The summed E-state index contributed by atoms with van der Waals surface area (Å²) >= 11 is 4.86. The minimum absolute atomic E-state index is 0.542. The molecular formula is C10H10BrN3S. The number of nitrogen functional groups attached to an aromatic ring is 1. The van der Waals surface area contributed by atoms with Crippen molar-refractivity contribution in [2.45, 2.75) is 12.8 Å². The van der Waals surface area contributed by atoms with E-state index in [-0.39, 0.29) is 0 Å². The Kier molecular flexibility index (Phi) is 3.33. The number of aromatic nitrogens is 2. The van der Waals surface area contributed by atoms with Gasteiger partial charge in [0.15, 0.2) is 0 Å². The second-order valence-corrected chi connectivity index (χ2v) is 5.17. The van der Waals surface area contributed by atoms with E-state index in [1.54, 1.807) is 0 Å². The van der Waals surface area contributed by atoms with E-state index in [0.717, 1.165) is 22.3 Å². The van der Waals surface area contributed by atoms with E-state index in [4.69, 9.17) is 5.73 Å². The molecule has 2 N–H and O–H groups in total. The van der Waals surface area contributed by atoms with Gasteiger partial charge in [-0.15, -0.1) is 10.2 Å². The number of nitrogens with zero attached hydrogens (tertiary/aromatic N) is 2. The van der Waals surface area contributed by atoms with E-state index in [9.17, 15) is 0 Å².